The smallest absolute Gasteiger partial charge is 0.248 e. The molecule has 1 heterocycles. The molecule has 3 rings (SSSR count). The predicted molar refractivity (Wildman–Crippen MR) is 119 cm³/mol. The highest BCUT2D eigenvalue weighted by Crippen LogP contribution is 2.36. The maximum atomic E-state index is 12.3. The number of carbonyl (C=O) groups is 2. The Morgan fingerprint density at radius 1 is 1.27 bits per heavy atom. The highest BCUT2D eigenvalue weighted by molar-refractivity contribution is 6.32. The Morgan fingerprint density at radius 3 is 2.67 bits per heavy atom. The van der Waals surface area contributed by atoms with Gasteiger partial charge in [0.05, 0.1) is 18.7 Å². The Balaban J connectivity index is 1.64. The molecule has 30 heavy (non-hydrogen) atoms. The van der Waals surface area contributed by atoms with Crippen LogP contribution in [0.3, 0.4) is 0 Å². The minimum absolute atomic E-state index is 0.134. The molecule has 1 aliphatic heterocycles. The van der Waals surface area contributed by atoms with E-state index in [0.29, 0.717) is 35.2 Å². The number of methoxy groups -OCH3 is 1. The van der Waals surface area contributed by atoms with Crippen molar-refractivity contribution in [2.45, 2.75) is 26.2 Å². The average Bonchev–Trinajstić information content (AvgIpc) is 3.17. The minimum Gasteiger partial charge on any atom is -0.493 e. The van der Waals surface area contributed by atoms with E-state index in [-0.39, 0.29) is 11.8 Å². The summed E-state index contributed by atoms with van der Waals surface area (Å²) >= 11 is 6.31. The van der Waals surface area contributed by atoms with Gasteiger partial charge < -0.3 is 19.7 Å². The molecular weight excluding hydrogens is 404 g/mol. The zero-order valence-corrected chi connectivity index (χ0v) is 17.9. The van der Waals surface area contributed by atoms with E-state index in [9.17, 15) is 9.59 Å². The fourth-order valence-electron chi connectivity index (χ4n) is 3.18. The number of anilines is 2. The van der Waals surface area contributed by atoms with Gasteiger partial charge in [0.25, 0.3) is 0 Å². The van der Waals surface area contributed by atoms with Crippen LogP contribution < -0.4 is 19.7 Å². The van der Waals surface area contributed by atoms with E-state index in [1.54, 1.807) is 42.4 Å². The third-order valence-electron chi connectivity index (χ3n) is 4.65. The van der Waals surface area contributed by atoms with E-state index in [0.717, 1.165) is 30.6 Å². The largest absolute Gasteiger partial charge is 0.493 e. The lowest BCUT2D eigenvalue weighted by Gasteiger charge is -2.15. The minimum atomic E-state index is -0.276. The quantitative estimate of drug-likeness (QED) is 0.606. The van der Waals surface area contributed by atoms with Crippen LogP contribution in [-0.4, -0.2) is 32.1 Å². The number of hydrogen-bond acceptors (Lipinski definition) is 4. The summed E-state index contributed by atoms with van der Waals surface area (Å²) in [7, 11) is 1.55. The van der Waals surface area contributed by atoms with Crippen molar-refractivity contribution in [1.82, 2.24) is 0 Å². The third-order valence-corrected chi connectivity index (χ3v) is 4.93. The molecule has 0 unspecified atom stereocenters. The first kappa shape index (κ1) is 21.7. The van der Waals surface area contributed by atoms with E-state index in [2.05, 4.69) is 5.32 Å². The highest BCUT2D eigenvalue weighted by Gasteiger charge is 2.21. The van der Waals surface area contributed by atoms with Gasteiger partial charge in [-0.05, 0) is 60.9 Å². The van der Waals surface area contributed by atoms with Gasteiger partial charge in [0.15, 0.2) is 11.5 Å². The van der Waals surface area contributed by atoms with E-state index in [4.69, 9.17) is 21.1 Å². The van der Waals surface area contributed by atoms with Crippen molar-refractivity contribution >= 4 is 40.9 Å². The fourth-order valence-corrected chi connectivity index (χ4v) is 3.46. The van der Waals surface area contributed by atoms with Crippen molar-refractivity contribution < 1.29 is 19.1 Å². The van der Waals surface area contributed by atoms with Crippen LogP contribution >= 0.6 is 11.6 Å². The summed E-state index contributed by atoms with van der Waals surface area (Å²) in [6, 6.07) is 10.7. The van der Waals surface area contributed by atoms with Crippen molar-refractivity contribution in [3.8, 4) is 11.5 Å². The number of nitrogens with one attached hydrogen (secondary N) is 1. The van der Waals surface area contributed by atoms with Gasteiger partial charge >= 0.3 is 0 Å². The molecule has 1 aliphatic rings. The Bertz CT molecular complexity index is 941. The van der Waals surface area contributed by atoms with Crippen molar-refractivity contribution in [2.24, 2.45) is 0 Å². The Hall–Kier alpha value is -2.99. The molecule has 1 N–H and O–H groups in total. The second-order valence-electron chi connectivity index (χ2n) is 6.90. The summed E-state index contributed by atoms with van der Waals surface area (Å²) in [4.78, 5) is 25.9. The van der Waals surface area contributed by atoms with Crippen LogP contribution in [0, 0.1) is 0 Å². The van der Waals surface area contributed by atoms with Crippen LogP contribution in [0.1, 0.15) is 31.7 Å². The Morgan fingerprint density at radius 2 is 2.03 bits per heavy atom. The topological polar surface area (TPSA) is 67.9 Å². The highest BCUT2D eigenvalue weighted by atomic mass is 35.5. The zero-order valence-electron chi connectivity index (χ0n) is 17.1. The van der Waals surface area contributed by atoms with Crippen LogP contribution in [-0.2, 0) is 9.59 Å². The van der Waals surface area contributed by atoms with Crippen LogP contribution in [0.25, 0.3) is 6.08 Å². The molecule has 2 aromatic carbocycles. The van der Waals surface area contributed by atoms with Gasteiger partial charge in [0.2, 0.25) is 11.8 Å². The van der Waals surface area contributed by atoms with Crippen LogP contribution in [0.15, 0.2) is 42.5 Å². The SMILES string of the molecule is CCCOc1c(Cl)cc(/C=C/C(=O)Nc2ccc(N3CCCC3=O)cc2)cc1OC. The van der Waals surface area contributed by atoms with Crippen molar-refractivity contribution in [3.63, 3.8) is 0 Å². The van der Waals surface area contributed by atoms with Gasteiger partial charge in [-0.2, -0.15) is 0 Å². The number of hydrogen-bond donors (Lipinski definition) is 1. The van der Waals surface area contributed by atoms with E-state index in [1.807, 2.05) is 19.1 Å². The van der Waals surface area contributed by atoms with Gasteiger partial charge in [0.1, 0.15) is 0 Å². The molecule has 0 aromatic heterocycles. The standard InChI is InChI=1S/C23H25ClN2O4/c1-3-13-30-23-19(24)14-16(15-20(23)29-2)6-11-21(27)25-17-7-9-18(10-8-17)26-12-4-5-22(26)28/h6-11,14-15H,3-5,12-13H2,1-2H3,(H,25,27)/b11-6+. The molecule has 7 heteroatoms. The third kappa shape index (κ3) is 5.33. The zero-order chi connectivity index (χ0) is 21.5. The second kappa shape index (κ2) is 10.2. The number of benzene rings is 2. The summed E-state index contributed by atoms with van der Waals surface area (Å²) in [5.41, 5.74) is 2.22. The molecule has 0 saturated carbocycles. The van der Waals surface area contributed by atoms with Gasteiger partial charge in [-0.1, -0.05) is 18.5 Å². The number of carbonyl (C=O) groups excluding carboxylic acids is 2. The number of halogens is 1. The summed E-state index contributed by atoms with van der Waals surface area (Å²) < 4.78 is 11.0. The molecule has 0 radical (unpaired) electrons. The van der Waals surface area contributed by atoms with Gasteiger partial charge in [0, 0.05) is 30.4 Å². The number of rotatable bonds is 8. The number of nitrogens with zero attached hydrogens (tertiary/aromatic N) is 1. The lowest BCUT2D eigenvalue weighted by Crippen LogP contribution is -2.23. The molecule has 6 nitrogen and oxygen atoms in total. The molecule has 158 valence electrons. The molecular formula is C23H25ClN2O4. The summed E-state index contributed by atoms with van der Waals surface area (Å²) in [5.74, 6) is 0.874. The first-order chi connectivity index (χ1) is 14.5. The van der Waals surface area contributed by atoms with Crippen LogP contribution in [0.2, 0.25) is 5.02 Å². The van der Waals surface area contributed by atoms with Crippen molar-refractivity contribution in [2.75, 3.05) is 30.5 Å². The molecule has 0 spiro atoms. The van der Waals surface area contributed by atoms with Crippen LogP contribution in [0.4, 0.5) is 11.4 Å². The van der Waals surface area contributed by atoms with E-state index in [1.165, 1.54) is 6.08 Å². The maximum absolute atomic E-state index is 12.3. The molecule has 1 saturated heterocycles. The Labute approximate surface area is 181 Å². The number of amides is 2. The van der Waals surface area contributed by atoms with Gasteiger partial charge in [-0.25, -0.2) is 0 Å². The number of ether oxygens (including phenoxy) is 2. The average molecular weight is 429 g/mol. The monoisotopic (exact) mass is 428 g/mol. The van der Waals surface area contributed by atoms with Crippen molar-refractivity contribution in [3.05, 3.63) is 53.1 Å². The van der Waals surface area contributed by atoms with Gasteiger partial charge in [-0.15, -0.1) is 0 Å². The lowest BCUT2D eigenvalue weighted by molar-refractivity contribution is -0.117. The molecule has 0 bridgehead atoms. The summed E-state index contributed by atoms with van der Waals surface area (Å²) in [5, 5.41) is 3.23. The molecule has 0 aliphatic carbocycles. The lowest BCUT2D eigenvalue weighted by atomic mass is 10.2. The second-order valence-corrected chi connectivity index (χ2v) is 7.31. The molecule has 0 atom stereocenters. The summed E-state index contributed by atoms with van der Waals surface area (Å²) in [6.07, 6.45) is 5.41. The first-order valence-electron chi connectivity index (χ1n) is 9.91. The first-order valence-corrected chi connectivity index (χ1v) is 10.3. The maximum Gasteiger partial charge on any atom is 0.248 e. The predicted octanol–water partition coefficient (Wildman–Crippen LogP) is 4.92. The van der Waals surface area contributed by atoms with Crippen LogP contribution in [0.5, 0.6) is 11.5 Å². The Kier molecular flexibility index (Phi) is 7.36. The summed E-state index contributed by atoms with van der Waals surface area (Å²) in [6.45, 7) is 3.29. The normalized spacial score (nSPS) is 13.7. The van der Waals surface area contributed by atoms with Crippen molar-refractivity contribution in [1.29, 1.82) is 0 Å². The van der Waals surface area contributed by atoms with Gasteiger partial charge in [-0.3, -0.25) is 9.59 Å². The molecule has 2 amide bonds. The van der Waals surface area contributed by atoms with E-state index >= 15 is 0 Å². The molecule has 2 aromatic rings. The van der Waals surface area contributed by atoms with E-state index < -0.39 is 0 Å². The molecule has 1 fully saturated rings. The fraction of sp³-hybridized carbons (Fsp3) is 0.304.